The van der Waals surface area contributed by atoms with Crippen LogP contribution in [-0.4, -0.2) is 33.2 Å². The predicted molar refractivity (Wildman–Crippen MR) is 103 cm³/mol. The van der Waals surface area contributed by atoms with Crippen molar-refractivity contribution in [1.29, 1.82) is 0 Å². The van der Waals surface area contributed by atoms with Crippen LogP contribution in [0.2, 0.25) is 0 Å². The molecule has 28 heavy (non-hydrogen) atoms. The molecule has 0 saturated heterocycles. The van der Waals surface area contributed by atoms with Crippen molar-refractivity contribution < 1.29 is 19.5 Å². The molecule has 0 bridgehead atoms. The molecule has 8 heteroatoms. The zero-order valence-electron chi connectivity index (χ0n) is 15.6. The first-order valence-electron chi connectivity index (χ1n) is 8.99. The maximum Gasteiger partial charge on any atom is 0.274 e. The van der Waals surface area contributed by atoms with Gasteiger partial charge in [0, 0.05) is 12.1 Å². The van der Waals surface area contributed by atoms with E-state index in [4.69, 9.17) is 14.9 Å². The first kappa shape index (κ1) is 18.0. The van der Waals surface area contributed by atoms with E-state index >= 15 is 0 Å². The van der Waals surface area contributed by atoms with Gasteiger partial charge in [0.15, 0.2) is 6.61 Å². The third-order valence-electron chi connectivity index (χ3n) is 4.86. The van der Waals surface area contributed by atoms with Crippen molar-refractivity contribution in [1.82, 2.24) is 15.0 Å². The zero-order valence-corrected chi connectivity index (χ0v) is 15.6. The van der Waals surface area contributed by atoms with E-state index in [1.807, 2.05) is 26.0 Å². The number of amides is 2. The molecular weight excluding hydrogens is 360 g/mol. The number of aryl methyl sites for hydroxylation is 2. The second kappa shape index (κ2) is 6.97. The fourth-order valence-electron chi connectivity index (χ4n) is 3.48. The summed E-state index contributed by atoms with van der Waals surface area (Å²) in [6, 6.07) is 10.7. The summed E-state index contributed by atoms with van der Waals surface area (Å²) in [4.78, 5) is 30.6. The fourth-order valence-corrected chi connectivity index (χ4v) is 3.48. The van der Waals surface area contributed by atoms with Crippen molar-refractivity contribution in [2.24, 2.45) is 0 Å². The van der Waals surface area contributed by atoms with Crippen molar-refractivity contribution >= 4 is 28.5 Å². The van der Waals surface area contributed by atoms with Gasteiger partial charge < -0.3 is 9.30 Å². The van der Waals surface area contributed by atoms with Crippen molar-refractivity contribution in [3.63, 3.8) is 0 Å². The first-order chi connectivity index (χ1) is 13.5. The van der Waals surface area contributed by atoms with Gasteiger partial charge in [-0.1, -0.05) is 6.07 Å². The Morgan fingerprint density at radius 1 is 1.29 bits per heavy atom. The maximum atomic E-state index is 12.6. The lowest BCUT2D eigenvalue weighted by Crippen LogP contribution is -2.39. The topological polar surface area (TPSA) is 96.7 Å². The number of aromatic nitrogens is 2. The van der Waals surface area contributed by atoms with Gasteiger partial charge in [0.05, 0.1) is 23.3 Å². The SMILES string of the molecule is CCn1c(CN2C(=O)COc3ccc(C(=O)NO)cc32)nc2ccc(C)cc21. The molecule has 0 radical (unpaired) electrons. The van der Waals surface area contributed by atoms with Crippen LogP contribution < -0.4 is 15.1 Å². The second-order valence-electron chi connectivity index (χ2n) is 6.66. The molecule has 0 unspecified atom stereocenters. The first-order valence-corrected chi connectivity index (χ1v) is 8.99. The average molecular weight is 380 g/mol. The third-order valence-corrected chi connectivity index (χ3v) is 4.86. The van der Waals surface area contributed by atoms with Crippen LogP contribution in [-0.2, 0) is 17.9 Å². The number of benzene rings is 2. The van der Waals surface area contributed by atoms with Gasteiger partial charge in [-0.2, -0.15) is 0 Å². The minimum absolute atomic E-state index is 0.0794. The van der Waals surface area contributed by atoms with Gasteiger partial charge >= 0.3 is 0 Å². The van der Waals surface area contributed by atoms with E-state index in [1.54, 1.807) is 16.4 Å². The Morgan fingerprint density at radius 2 is 2.11 bits per heavy atom. The number of nitrogens with one attached hydrogen (secondary N) is 1. The molecular formula is C20H20N4O4. The van der Waals surface area contributed by atoms with Gasteiger partial charge in [0.2, 0.25) is 0 Å². The third kappa shape index (κ3) is 2.97. The van der Waals surface area contributed by atoms with Crippen molar-refractivity contribution in [3.05, 3.63) is 53.3 Å². The van der Waals surface area contributed by atoms with Crippen molar-refractivity contribution in [2.75, 3.05) is 11.5 Å². The summed E-state index contributed by atoms with van der Waals surface area (Å²) < 4.78 is 7.57. The van der Waals surface area contributed by atoms with Crippen molar-refractivity contribution in [2.45, 2.75) is 26.9 Å². The van der Waals surface area contributed by atoms with E-state index in [2.05, 4.69) is 10.6 Å². The number of hydrogen-bond donors (Lipinski definition) is 2. The van der Waals surface area contributed by atoms with Gasteiger partial charge in [-0.15, -0.1) is 0 Å². The number of hydrogen-bond acceptors (Lipinski definition) is 5. The molecule has 1 aromatic heterocycles. The van der Waals surface area contributed by atoms with E-state index in [1.165, 1.54) is 12.1 Å². The summed E-state index contributed by atoms with van der Waals surface area (Å²) in [5.74, 6) is 0.377. The Bertz CT molecular complexity index is 1090. The number of ether oxygens (including phenoxy) is 1. The molecule has 2 N–H and O–H groups in total. The summed E-state index contributed by atoms with van der Waals surface area (Å²) in [6.07, 6.45) is 0. The van der Waals surface area contributed by atoms with Crippen LogP contribution in [0.3, 0.4) is 0 Å². The van der Waals surface area contributed by atoms with Crippen LogP contribution >= 0.6 is 0 Å². The Morgan fingerprint density at radius 3 is 2.86 bits per heavy atom. The Balaban J connectivity index is 1.77. The Labute approximate surface area is 161 Å². The number of carbonyl (C=O) groups excluding carboxylic acids is 2. The summed E-state index contributed by atoms with van der Waals surface area (Å²) in [5.41, 5.74) is 5.34. The Kier molecular flexibility index (Phi) is 4.48. The smallest absolute Gasteiger partial charge is 0.274 e. The monoisotopic (exact) mass is 380 g/mol. The molecule has 0 spiro atoms. The van der Waals surface area contributed by atoms with Crippen LogP contribution in [0.5, 0.6) is 5.75 Å². The minimum Gasteiger partial charge on any atom is -0.482 e. The molecule has 0 atom stereocenters. The average Bonchev–Trinajstić information content (AvgIpc) is 3.05. The number of fused-ring (bicyclic) bond motifs is 2. The highest BCUT2D eigenvalue weighted by atomic mass is 16.5. The van der Waals surface area contributed by atoms with E-state index in [0.29, 0.717) is 18.0 Å². The quantitative estimate of drug-likeness (QED) is 0.535. The molecule has 0 fully saturated rings. The molecule has 0 saturated carbocycles. The Hall–Kier alpha value is -3.39. The van der Waals surface area contributed by atoms with E-state index < -0.39 is 5.91 Å². The largest absolute Gasteiger partial charge is 0.482 e. The van der Waals surface area contributed by atoms with Crippen LogP contribution in [0.4, 0.5) is 5.69 Å². The molecule has 2 heterocycles. The summed E-state index contributed by atoms with van der Waals surface area (Å²) in [7, 11) is 0. The number of nitrogens with zero attached hydrogens (tertiary/aromatic N) is 3. The van der Waals surface area contributed by atoms with Crippen molar-refractivity contribution in [3.8, 4) is 5.75 Å². The van der Waals surface area contributed by atoms with Gasteiger partial charge in [-0.3, -0.25) is 19.7 Å². The van der Waals surface area contributed by atoms with Gasteiger partial charge in [-0.05, 0) is 49.7 Å². The summed E-state index contributed by atoms with van der Waals surface area (Å²) in [6.45, 7) is 4.95. The van der Waals surface area contributed by atoms with Gasteiger partial charge in [-0.25, -0.2) is 10.5 Å². The lowest BCUT2D eigenvalue weighted by molar-refractivity contribution is -0.121. The lowest BCUT2D eigenvalue weighted by Gasteiger charge is -2.29. The molecule has 2 aromatic carbocycles. The van der Waals surface area contributed by atoms with Gasteiger partial charge in [0.25, 0.3) is 11.8 Å². The normalized spacial score (nSPS) is 13.4. The number of rotatable bonds is 4. The molecule has 3 aromatic rings. The molecule has 0 aliphatic carbocycles. The van der Waals surface area contributed by atoms with Gasteiger partial charge in [0.1, 0.15) is 11.6 Å². The lowest BCUT2D eigenvalue weighted by atomic mass is 10.1. The number of imidazole rings is 1. The number of anilines is 1. The minimum atomic E-state index is -0.656. The van der Waals surface area contributed by atoms with E-state index in [-0.39, 0.29) is 24.6 Å². The fraction of sp³-hybridized carbons (Fsp3) is 0.250. The highest BCUT2D eigenvalue weighted by Gasteiger charge is 2.28. The molecule has 4 rings (SSSR count). The maximum absolute atomic E-state index is 12.6. The highest BCUT2D eigenvalue weighted by molar-refractivity contribution is 6.01. The van der Waals surface area contributed by atoms with Crippen LogP contribution in [0.15, 0.2) is 36.4 Å². The number of hydroxylamine groups is 1. The van der Waals surface area contributed by atoms with Crippen LogP contribution in [0.1, 0.15) is 28.7 Å². The molecule has 2 amide bonds. The second-order valence-corrected chi connectivity index (χ2v) is 6.66. The predicted octanol–water partition coefficient (Wildman–Crippen LogP) is 2.41. The summed E-state index contributed by atoms with van der Waals surface area (Å²) in [5, 5.41) is 8.89. The highest BCUT2D eigenvalue weighted by Crippen LogP contribution is 2.34. The van der Waals surface area contributed by atoms with E-state index in [0.717, 1.165) is 22.4 Å². The number of carbonyl (C=O) groups is 2. The molecule has 1 aliphatic heterocycles. The van der Waals surface area contributed by atoms with Crippen LogP contribution in [0.25, 0.3) is 11.0 Å². The van der Waals surface area contributed by atoms with Crippen LogP contribution in [0, 0.1) is 6.92 Å². The molecule has 1 aliphatic rings. The molecule has 144 valence electrons. The zero-order chi connectivity index (χ0) is 19.8. The summed E-state index contributed by atoms with van der Waals surface area (Å²) >= 11 is 0. The standard InChI is InChI=1S/C20H20N4O4/c1-3-23-15-8-12(2)4-6-14(15)21-18(23)10-24-16-9-13(20(26)22-27)5-7-17(16)28-11-19(24)25/h4-9,27H,3,10-11H2,1-2H3,(H,22,26). The molecule has 8 nitrogen and oxygen atoms in total. The van der Waals surface area contributed by atoms with E-state index in [9.17, 15) is 9.59 Å².